The van der Waals surface area contributed by atoms with Crippen molar-refractivity contribution in [2.75, 3.05) is 5.32 Å². The van der Waals surface area contributed by atoms with E-state index in [9.17, 15) is 0 Å². The lowest BCUT2D eigenvalue weighted by atomic mass is 10.2. The van der Waals surface area contributed by atoms with E-state index < -0.39 is 0 Å². The van der Waals surface area contributed by atoms with Gasteiger partial charge in [-0.25, -0.2) is 0 Å². The molecule has 82 valence electrons. The van der Waals surface area contributed by atoms with Crippen molar-refractivity contribution in [2.45, 2.75) is 6.54 Å². The molecule has 0 radical (unpaired) electrons. The normalized spacial score (nSPS) is 10.1. The number of hydrogen-bond donors (Lipinski definition) is 1. The first kappa shape index (κ1) is 11.9. The molecule has 2 aromatic carbocycles. The van der Waals surface area contributed by atoms with Crippen molar-refractivity contribution in [3.63, 3.8) is 0 Å². The van der Waals surface area contributed by atoms with E-state index >= 15 is 0 Å². The van der Waals surface area contributed by atoms with Gasteiger partial charge >= 0.3 is 0 Å². The Hall–Kier alpha value is -0.550. The third-order valence-corrected chi connectivity index (χ3v) is 3.74. The van der Waals surface area contributed by atoms with Gasteiger partial charge in [-0.15, -0.1) is 0 Å². The Morgan fingerprint density at radius 2 is 1.69 bits per heavy atom. The van der Waals surface area contributed by atoms with E-state index in [1.54, 1.807) is 0 Å². The van der Waals surface area contributed by atoms with E-state index in [0.29, 0.717) is 0 Å². The molecule has 0 bridgehead atoms. The molecule has 1 nitrogen and oxygen atoms in total. The van der Waals surface area contributed by atoms with Gasteiger partial charge in [0.05, 0.1) is 0 Å². The van der Waals surface area contributed by atoms with E-state index in [0.717, 1.165) is 11.0 Å². The number of halogens is 2. The zero-order chi connectivity index (χ0) is 11.4. The van der Waals surface area contributed by atoms with Crippen molar-refractivity contribution < 1.29 is 0 Å². The molecular formula is C13H11BrIN. The summed E-state index contributed by atoms with van der Waals surface area (Å²) in [5.41, 5.74) is 2.47. The van der Waals surface area contributed by atoms with Crippen LogP contribution in [0.4, 0.5) is 5.69 Å². The molecule has 0 fully saturated rings. The second-order valence-electron chi connectivity index (χ2n) is 3.46. The molecule has 0 heterocycles. The smallest absolute Gasteiger partial charge is 0.0478 e. The van der Waals surface area contributed by atoms with Crippen LogP contribution >= 0.6 is 38.5 Å². The molecule has 0 amide bonds. The van der Waals surface area contributed by atoms with Crippen LogP contribution in [0.25, 0.3) is 0 Å². The van der Waals surface area contributed by atoms with Crippen LogP contribution in [0.3, 0.4) is 0 Å². The van der Waals surface area contributed by atoms with Gasteiger partial charge in [-0.2, -0.15) is 0 Å². The molecule has 0 aliphatic carbocycles. The highest BCUT2D eigenvalue weighted by Gasteiger charge is 1.97. The predicted octanol–water partition coefficient (Wildman–Crippen LogP) is 4.67. The minimum Gasteiger partial charge on any atom is -0.380 e. The Bertz CT molecular complexity index is 468. The molecule has 2 rings (SSSR count). The van der Waals surface area contributed by atoms with Crippen LogP contribution in [0.5, 0.6) is 0 Å². The molecule has 1 N–H and O–H groups in total. The molecule has 2 aromatic rings. The van der Waals surface area contributed by atoms with Gasteiger partial charge in [-0.05, 0) is 52.4 Å². The van der Waals surface area contributed by atoms with Crippen LogP contribution in [0.2, 0.25) is 0 Å². The maximum Gasteiger partial charge on any atom is 0.0478 e. The van der Waals surface area contributed by atoms with Gasteiger partial charge in [0.2, 0.25) is 0 Å². The second-order valence-corrected chi connectivity index (χ2v) is 5.54. The SMILES string of the molecule is Brc1ccc(CNc2ccccc2I)cc1. The van der Waals surface area contributed by atoms with E-state index in [1.807, 2.05) is 12.1 Å². The van der Waals surface area contributed by atoms with Gasteiger partial charge in [0, 0.05) is 20.3 Å². The van der Waals surface area contributed by atoms with E-state index in [4.69, 9.17) is 0 Å². The van der Waals surface area contributed by atoms with E-state index in [1.165, 1.54) is 14.8 Å². The van der Waals surface area contributed by atoms with Crippen LogP contribution in [0.15, 0.2) is 53.0 Å². The Labute approximate surface area is 118 Å². The first-order chi connectivity index (χ1) is 7.75. The summed E-state index contributed by atoms with van der Waals surface area (Å²) < 4.78 is 2.36. The average Bonchev–Trinajstić information content (AvgIpc) is 2.30. The molecule has 16 heavy (non-hydrogen) atoms. The van der Waals surface area contributed by atoms with Crippen LogP contribution in [-0.2, 0) is 6.54 Å². The van der Waals surface area contributed by atoms with E-state index in [-0.39, 0.29) is 0 Å². The Morgan fingerprint density at radius 1 is 1.00 bits per heavy atom. The van der Waals surface area contributed by atoms with Gasteiger partial charge in [0.15, 0.2) is 0 Å². The number of anilines is 1. The van der Waals surface area contributed by atoms with Crippen molar-refractivity contribution in [3.05, 3.63) is 62.1 Å². The van der Waals surface area contributed by atoms with E-state index in [2.05, 4.69) is 80.2 Å². The van der Waals surface area contributed by atoms with Crippen molar-refractivity contribution in [2.24, 2.45) is 0 Å². The van der Waals surface area contributed by atoms with Crippen molar-refractivity contribution in [1.29, 1.82) is 0 Å². The third kappa shape index (κ3) is 3.22. The fourth-order valence-corrected chi connectivity index (χ4v) is 2.25. The standard InChI is InChI=1S/C13H11BrIN/c14-11-7-5-10(6-8-11)9-16-13-4-2-1-3-12(13)15/h1-8,16H,9H2. The molecule has 0 spiro atoms. The summed E-state index contributed by atoms with van der Waals surface area (Å²) in [6.07, 6.45) is 0. The number of benzene rings is 2. The summed E-state index contributed by atoms with van der Waals surface area (Å²) in [4.78, 5) is 0. The fourth-order valence-electron chi connectivity index (χ4n) is 1.40. The highest BCUT2D eigenvalue weighted by molar-refractivity contribution is 14.1. The minimum absolute atomic E-state index is 0.854. The molecule has 0 atom stereocenters. The van der Waals surface area contributed by atoms with Crippen molar-refractivity contribution in [3.8, 4) is 0 Å². The van der Waals surface area contributed by atoms with Crippen LogP contribution in [0, 0.1) is 3.57 Å². The highest BCUT2D eigenvalue weighted by atomic mass is 127. The summed E-state index contributed by atoms with van der Waals surface area (Å²) in [7, 11) is 0. The van der Waals surface area contributed by atoms with Gasteiger partial charge in [-0.3, -0.25) is 0 Å². The Kier molecular flexibility index (Phi) is 4.23. The molecule has 0 aliphatic rings. The number of rotatable bonds is 3. The molecule has 0 aromatic heterocycles. The molecule has 0 aliphatic heterocycles. The fraction of sp³-hybridized carbons (Fsp3) is 0.0769. The molecule has 0 saturated heterocycles. The zero-order valence-electron chi connectivity index (χ0n) is 8.58. The summed E-state index contributed by atoms with van der Waals surface area (Å²) >= 11 is 5.77. The first-order valence-electron chi connectivity index (χ1n) is 4.98. The number of hydrogen-bond acceptors (Lipinski definition) is 1. The van der Waals surface area contributed by atoms with Gasteiger partial charge in [0.25, 0.3) is 0 Å². The second kappa shape index (κ2) is 5.68. The largest absolute Gasteiger partial charge is 0.380 e. The Balaban J connectivity index is 2.02. The van der Waals surface area contributed by atoms with Crippen LogP contribution < -0.4 is 5.32 Å². The predicted molar refractivity (Wildman–Crippen MR) is 80.6 cm³/mol. The molecule has 0 saturated carbocycles. The van der Waals surface area contributed by atoms with Crippen LogP contribution in [-0.4, -0.2) is 0 Å². The maximum atomic E-state index is 3.43. The number of para-hydroxylation sites is 1. The average molecular weight is 388 g/mol. The lowest BCUT2D eigenvalue weighted by molar-refractivity contribution is 1.14. The Morgan fingerprint density at radius 3 is 2.38 bits per heavy atom. The third-order valence-electron chi connectivity index (χ3n) is 2.27. The topological polar surface area (TPSA) is 12.0 Å². The summed E-state index contributed by atoms with van der Waals surface area (Å²) in [5, 5.41) is 3.43. The summed E-state index contributed by atoms with van der Waals surface area (Å²) in [6, 6.07) is 16.7. The highest BCUT2D eigenvalue weighted by Crippen LogP contribution is 2.18. The quantitative estimate of drug-likeness (QED) is 0.755. The lowest BCUT2D eigenvalue weighted by Gasteiger charge is -2.08. The summed E-state index contributed by atoms with van der Waals surface area (Å²) in [5.74, 6) is 0. The first-order valence-corrected chi connectivity index (χ1v) is 6.86. The summed E-state index contributed by atoms with van der Waals surface area (Å²) in [6.45, 7) is 0.854. The monoisotopic (exact) mass is 387 g/mol. The maximum absolute atomic E-state index is 3.43. The van der Waals surface area contributed by atoms with Crippen molar-refractivity contribution in [1.82, 2.24) is 0 Å². The minimum atomic E-state index is 0.854. The lowest BCUT2D eigenvalue weighted by Crippen LogP contribution is -2.00. The van der Waals surface area contributed by atoms with Crippen LogP contribution in [0.1, 0.15) is 5.56 Å². The van der Waals surface area contributed by atoms with Gasteiger partial charge in [-0.1, -0.05) is 40.2 Å². The zero-order valence-corrected chi connectivity index (χ0v) is 12.3. The van der Waals surface area contributed by atoms with Crippen molar-refractivity contribution >= 4 is 44.2 Å². The molecular weight excluding hydrogens is 377 g/mol. The molecule has 0 unspecified atom stereocenters. The van der Waals surface area contributed by atoms with Gasteiger partial charge < -0.3 is 5.32 Å². The molecule has 3 heteroatoms. The number of nitrogens with one attached hydrogen (secondary N) is 1. The van der Waals surface area contributed by atoms with Gasteiger partial charge in [0.1, 0.15) is 0 Å².